The minimum atomic E-state index is 0.498. The van der Waals surface area contributed by atoms with Gasteiger partial charge in [-0.3, -0.25) is 0 Å². The Morgan fingerprint density at radius 1 is 1.00 bits per heavy atom. The number of ether oxygens (including phenoxy) is 2. The van der Waals surface area contributed by atoms with Gasteiger partial charge in [-0.25, -0.2) is 0 Å². The lowest BCUT2D eigenvalue weighted by molar-refractivity contribution is 0.303. The number of methoxy groups -OCH3 is 1. The smallest absolute Gasteiger partial charge is 0.123 e. The normalized spacial score (nSPS) is 9.94. The Morgan fingerprint density at radius 3 is 2.53 bits per heavy atom. The summed E-state index contributed by atoms with van der Waals surface area (Å²) in [4.78, 5) is 0. The fourth-order valence-corrected chi connectivity index (χ4v) is 1.54. The summed E-state index contributed by atoms with van der Waals surface area (Å²) in [5, 5.41) is 0. The zero-order chi connectivity index (χ0) is 12.1. The highest BCUT2D eigenvalue weighted by Crippen LogP contribution is 2.20. The van der Waals surface area contributed by atoms with E-state index in [2.05, 4.69) is 0 Å². The highest BCUT2D eigenvalue weighted by atomic mass is 16.5. The van der Waals surface area contributed by atoms with E-state index >= 15 is 0 Å². The summed E-state index contributed by atoms with van der Waals surface area (Å²) in [5.74, 6) is 1.57. The average Bonchev–Trinajstić information content (AvgIpc) is 2.37. The molecular formula is C14H15NO2. The van der Waals surface area contributed by atoms with Crippen LogP contribution in [0.2, 0.25) is 0 Å². The summed E-state index contributed by atoms with van der Waals surface area (Å²) in [6.45, 7) is 0.498. The molecule has 0 bridgehead atoms. The summed E-state index contributed by atoms with van der Waals surface area (Å²) in [6, 6.07) is 15.2. The molecule has 3 nitrogen and oxygen atoms in total. The second-order valence-electron chi connectivity index (χ2n) is 3.71. The van der Waals surface area contributed by atoms with Crippen molar-refractivity contribution in [2.75, 3.05) is 12.8 Å². The molecule has 0 unspecified atom stereocenters. The van der Waals surface area contributed by atoms with Gasteiger partial charge >= 0.3 is 0 Å². The maximum absolute atomic E-state index is 5.70. The van der Waals surface area contributed by atoms with Crippen LogP contribution >= 0.6 is 0 Å². The van der Waals surface area contributed by atoms with Gasteiger partial charge in [-0.15, -0.1) is 0 Å². The van der Waals surface area contributed by atoms with Gasteiger partial charge < -0.3 is 15.2 Å². The molecule has 2 N–H and O–H groups in total. The molecule has 0 aromatic heterocycles. The molecule has 0 heterocycles. The zero-order valence-electron chi connectivity index (χ0n) is 9.72. The van der Waals surface area contributed by atoms with Crippen LogP contribution in [-0.2, 0) is 6.61 Å². The van der Waals surface area contributed by atoms with Gasteiger partial charge in [0.25, 0.3) is 0 Å². The topological polar surface area (TPSA) is 44.5 Å². The van der Waals surface area contributed by atoms with Crippen molar-refractivity contribution in [1.29, 1.82) is 0 Å². The molecule has 0 radical (unpaired) electrons. The van der Waals surface area contributed by atoms with Crippen LogP contribution in [0.15, 0.2) is 48.5 Å². The summed E-state index contributed by atoms with van der Waals surface area (Å²) < 4.78 is 10.8. The lowest BCUT2D eigenvalue weighted by Crippen LogP contribution is -1.96. The Bertz CT molecular complexity index is 497. The van der Waals surface area contributed by atoms with Gasteiger partial charge in [-0.2, -0.15) is 0 Å². The van der Waals surface area contributed by atoms with E-state index in [1.54, 1.807) is 7.11 Å². The Balaban J connectivity index is 2.02. The van der Waals surface area contributed by atoms with Crippen molar-refractivity contribution < 1.29 is 9.47 Å². The van der Waals surface area contributed by atoms with Crippen molar-refractivity contribution in [3.63, 3.8) is 0 Å². The number of nitrogens with two attached hydrogens (primary N) is 1. The monoisotopic (exact) mass is 229 g/mol. The minimum Gasteiger partial charge on any atom is -0.497 e. The molecule has 0 spiro atoms. The number of benzene rings is 2. The molecule has 2 rings (SSSR count). The Morgan fingerprint density at radius 2 is 1.76 bits per heavy atom. The lowest BCUT2D eigenvalue weighted by Gasteiger charge is -2.08. The first-order valence-corrected chi connectivity index (χ1v) is 5.39. The van der Waals surface area contributed by atoms with Crippen LogP contribution in [0.25, 0.3) is 0 Å². The van der Waals surface area contributed by atoms with E-state index in [1.165, 1.54) is 0 Å². The number of anilines is 1. The number of hydrogen-bond donors (Lipinski definition) is 1. The van der Waals surface area contributed by atoms with E-state index < -0.39 is 0 Å². The number of rotatable bonds is 4. The van der Waals surface area contributed by atoms with Crippen molar-refractivity contribution in [3.8, 4) is 11.5 Å². The second kappa shape index (κ2) is 5.25. The van der Waals surface area contributed by atoms with Gasteiger partial charge in [0.1, 0.15) is 18.1 Å². The molecule has 0 atom stereocenters. The van der Waals surface area contributed by atoms with Gasteiger partial charge in [-0.05, 0) is 29.8 Å². The Kier molecular flexibility index (Phi) is 3.50. The first-order chi connectivity index (χ1) is 8.28. The fraction of sp³-hybridized carbons (Fsp3) is 0.143. The van der Waals surface area contributed by atoms with Crippen LogP contribution in [0.5, 0.6) is 11.5 Å². The molecule has 0 aliphatic carbocycles. The predicted molar refractivity (Wildman–Crippen MR) is 68.2 cm³/mol. The van der Waals surface area contributed by atoms with Gasteiger partial charge in [0.05, 0.1) is 7.11 Å². The molecule has 0 amide bonds. The van der Waals surface area contributed by atoms with Crippen LogP contribution in [0.1, 0.15) is 5.56 Å². The van der Waals surface area contributed by atoms with Gasteiger partial charge in [0.15, 0.2) is 0 Å². The Hall–Kier alpha value is -2.16. The zero-order valence-corrected chi connectivity index (χ0v) is 9.72. The van der Waals surface area contributed by atoms with Crippen molar-refractivity contribution in [2.45, 2.75) is 6.61 Å². The molecule has 2 aromatic rings. The van der Waals surface area contributed by atoms with Crippen molar-refractivity contribution >= 4 is 5.69 Å². The second-order valence-corrected chi connectivity index (χ2v) is 3.71. The third-order valence-electron chi connectivity index (χ3n) is 2.40. The third kappa shape index (κ3) is 3.14. The summed E-state index contributed by atoms with van der Waals surface area (Å²) in [7, 11) is 1.64. The maximum Gasteiger partial charge on any atom is 0.123 e. The Labute approximate surface area is 101 Å². The molecule has 0 saturated heterocycles. The largest absolute Gasteiger partial charge is 0.497 e. The molecule has 0 aliphatic rings. The first-order valence-electron chi connectivity index (χ1n) is 5.39. The summed E-state index contributed by atoms with van der Waals surface area (Å²) >= 11 is 0. The summed E-state index contributed by atoms with van der Waals surface area (Å²) in [6.07, 6.45) is 0. The van der Waals surface area contributed by atoms with Crippen LogP contribution < -0.4 is 15.2 Å². The van der Waals surface area contributed by atoms with Crippen molar-refractivity contribution in [1.82, 2.24) is 0 Å². The lowest BCUT2D eigenvalue weighted by atomic mass is 10.2. The standard InChI is InChI=1S/C14H15NO2/c1-16-13-6-3-7-14(9-13)17-10-11-4-2-5-12(15)8-11/h2-9H,10,15H2,1H3. The molecular weight excluding hydrogens is 214 g/mol. The summed E-state index contributed by atoms with van der Waals surface area (Å²) in [5.41, 5.74) is 7.49. The highest BCUT2D eigenvalue weighted by molar-refractivity contribution is 5.40. The van der Waals surface area contributed by atoms with E-state index in [1.807, 2.05) is 48.5 Å². The van der Waals surface area contributed by atoms with Crippen molar-refractivity contribution in [3.05, 3.63) is 54.1 Å². The first kappa shape index (κ1) is 11.3. The van der Waals surface area contributed by atoms with Gasteiger partial charge in [0, 0.05) is 11.8 Å². The van der Waals surface area contributed by atoms with E-state index in [9.17, 15) is 0 Å². The van der Waals surface area contributed by atoms with E-state index in [-0.39, 0.29) is 0 Å². The van der Waals surface area contributed by atoms with Crippen LogP contribution in [0.3, 0.4) is 0 Å². The highest BCUT2D eigenvalue weighted by Gasteiger charge is 1.98. The maximum atomic E-state index is 5.70. The SMILES string of the molecule is COc1cccc(OCc2cccc(N)c2)c1. The molecule has 3 heteroatoms. The molecule has 88 valence electrons. The quantitative estimate of drug-likeness (QED) is 0.820. The van der Waals surface area contributed by atoms with Gasteiger partial charge in [0.2, 0.25) is 0 Å². The molecule has 0 fully saturated rings. The fourth-order valence-electron chi connectivity index (χ4n) is 1.54. The van der Waals surface area contributed by atoms with Crippen LogP contribution in [-0.4, -0.2) is 7.11 Å². The molecule has 0 aliphatic heterocycles. The van der Waals surface area contributed by atoms with E-state index in [0.29, 0.717) is 6.61 Å². The van der Waals surface area contributed by atoms with Gasteiger partial charge in [-0.1, -0.05) is 18.2 Å². The van der Waals surface area contributed by atoms with E-state index in [4.69, 9.17) is 15.2 Å². The van der Waals surface area contributed by atoms with E-state index in [0.717, 1.165) is 22.7 Å². The third-order valence-corrected chi connectivity index (χ3v) is 2.40. The number of nitrogen functional groups attached to an aromatic ring is 1. The van der Waals surface area contributed by atoms with Crippen LogP contribution in [0, 0.1) is 0 Å². The molecule has 2 aromatic carbocycles. The minimum absolute atomic E-state index is 0.498. The molecule has 17 heavy (non-hydrogen) atoms. The van der Waals surface area contributed by atoms with Crippen molar-refractivity contribution in [2.24, 2.45) is 0 Å². The number of hydrogen-bond acceptors (Lipinski definition) is 3. The molecule has 0 saturated carbocycles. The predicted octanol–water partition coefficient (Wildman–Crippen LogP) is 2.86. The average molecular weight is 229 g/mol. The van der Waals surface area contributed by atoms with Crippen LogP contribution in [0.4, 0.5) is 5.69 Å².